The van der Waals surface area contributed by atoms with Crippen LogP contribution in [0.5, 0.6) is 23.0 Å². The topological polar surface area (TPSA) is 21.7 Å². The van der Waals surface area contributed by atoms with Crippen LogP contribution in [0.25, 0.3) is 22.3 Å². The molecule has 0 bridgehead atoms. The van der Waals surface area contributed by atoms with E-state index in [1.165, 1.54) is 33.4 Å². The Morgan fingerprint density at radius 2 is 0.880 bits per heavy atom. The first-order valence-electron chi connectivity index (χ1n) is 17.3. The Balaban J connectivity index is 1.26. The Bertz CT molecular complexity index is 2270. The lowest BCUT2D eigenvalue weighted by molar-refractivity contribution is 0.465. The Labute approximate surface area is 294 Å². The molecule has 0 saturated heterocycles. The van der Waals surface area contributed by atoms with Crippen LogP contribution in [0.4, 0.5) is 17.1 Å². The minimum Gasteiger partial charge on any atom is -0.458 e. The minimum atomic E-state index is -0.0382. The van der Waals surface area contributed by atoms with E-state index in [9.17, 15) is 0 Å². The van der Waals surface area contributed by atoms with Crippen molar-refractivity contribution in [1.82, 2.24) is 0 Å². The second-order valence-electron chi connectivity index (χ2n) is 13.6. The molecule has 3 nitrogen and oxygen atoms in total. The third-order valence-electron chi connectivity index (χ3n) is 10.2. The van der Waals surface area contributed by atoms with Crippen LogP contribution in [0.15, 0.2) is 146 Å². The molecule has 0 radical (unpaired) electrons. The van der Waals surface area contributed by atoms with Crippen LogP contribution in [0.1, 0.15) is 22.3 Å². The third-order valence-corrected chi connectivity index (χ3v) is 10.2. The van der Waals surface area contributed by atoms with Crippen molar-refractivity contribution in [3.63, 3.8) is 0 Å². The van der Waals surface area contributed by atoms with Crippen LogP contribution in [-0.4, -0.2) is 6.71 Å². The lowest BCUT2D eigenvalue weighted by Crippen LogP contribution is -2.57. The average Bonchev–Trinajstić information content (AvgIpc) is 3.14. The molecule has 0 spiro atoms. The summed E-state index contributed by atoms with van der Waals surface area (Å²) in [4.78, 5) is 2.27. The maximum absolute atomic E-state index is 6.95. The highest BCUT2D eigenvalue weighted by Gasteiger charge is 2.41. The molecule has 4 heteroatoms. The SMILES string of the molecule is Cc1ccc(C)c(-c2ccc3c(c2)Oc2cc(N(c4ccccc4)c4ccccc4)cc4c2B3c2ccc(-c3cc(C)ccc3C)cc2O4)c1. The van der Waals surface area contributed by atoms with Gasteiger partial charge in [0.25, 0.3) is 6.71 Å². The fraction of sp³-hybridized carbons (Fsp3) is 0.0870. The van der Waals surface area contributed by atoms with Crippen LogP contribution < -0.4 is 30.8 Å². The van der Waals surface area contributed by atoms with E-state index < -0.39 is 0 Å². The molecule has 0 N–H and O–H groups in total. The summed E-state index contributed by atoms with van der Waals surface area (Å²) in [6.07, 6.45) is 0. The van der Waals surface area contributed by atoms with E-state index in [1.54, 1.807) is 0 Å². The number of anilines is 3. The minimum absolute atomic E-state index is 0.0382. The zero-order chi connectivity index (χ0) is 33.9. The van der Waals surface area contributed by atoms with Gasteiger partial charge in [0.1, 0.15) is 23.0 Å². The molecule has 0 aliphatic carbocycles. The third kappa shape index (κ3) is 5.07. The van der Waals surface area contributed by atoms with Crippen molar-refractivity contribution in [3.05, 3.63) is 168 Å². The van der Waals surface area contributed by atoms with Gasteiger partial charge < -0.3 is 14.4 Å². The van der Waals surface area contributed by atoms with E-state index in [-0.39, 0.29) is 6.71 Å². The van der Waals surface area contributed by atoms with E-state index in [0.717, 1.165) is 67.6 Å². The van der Waals surface area contributed by atoms with E-state index in [0.29, 0.717) is 0 Å². The van der Waals surface area contributed by atoms with Gasteiger partial charge >= 0.3 is 0 Å². The Morgan fingerprint density at radius 1 is 0.420 bits per heavy atom. The molecule has 240 valence electrons. The van der Waals surface area contributed by atoms with Crippen molar-refractivity contribution in [1.29, 1.82) is 0 Å². The summed E-state index contributed by atoms with van der Waals surface area (Å²) in [5, 5.41) is 0. The van der Waals surface area contributed by atoms with Crippen LogP contribution in [0.3, 0.4) is 0 Å². The van der Waals surface area contributed by atoms with Crippen LogP contribution in [0, 0.1) is 27.7 Å². The molecule has 0 aromatic heterocycles. The van der Waals surface area contributed by atoms with Gasteiger partial charge in [-0.1, -0.05) is 108 Å². The van der Waals surface area contributed by atoms with Gasteiger partial charge in [0.05, 0.1) is 5.69 Å². The van der Waals surface area contributed by atoms with Crippen molar-refractivity contribution in [2.45, 2.75) is 27.7 Å². The van der Waals surface area contributed by atoms with E-state index >= 15 is 0 Å². The van der Waals surface area contributed by atoms with Crippen molar-refractivity contribution < 1.29 is 9.47 Å². The summed E-state index contributed by atoms with van der Waals surface area (Å²) in [5.41, 5.74) is 16.2. The molecule has 7 aromatic rings. The molecule has 0 atom stereocenters. The number of ether oxygens (including phenoxy) is 2. The largest absolute Gasteiger partial charge is 0.458 e. The fourth-order valence-electron chi connectivity index (χ4n) is 7.64. The summed E-state index contributed by atoms with van der Waals surface area (Å²) in [7, 11) is 0. The van der Waals surface area contributed by atoms with Gasteiger partial charge in [-0.15, -0.1) is 0 Å². The summed E-state index contributed by atoms with van der Waals surface area (Å²) in [6, 6.07) is 52.0. The zero-order valence-electron chi connectivity index (χ0n) is 28.7. The lowest BCUT2D eigenvalue weighted by Gasteiger charge is -2.35. The highest BCUT2D eigenvalue weighted by molar-refractivity contribution is 6.98. The Morgan fingerprint density at radius 3 is 1.34 bits per heavy atom. The van der Waals surface area contributed by atoms with Gasteiger partial charge in [0.15, 0.2) is 0 Å². The van der Waals surface area contributed by atoms with Crippen LogP contribution >= 0.6 is 0 Å². The number of fused-ring (bicyclic) bond motifs is 4. The molecule has 2 aliphatic heterocycles. The van der Waals surface area contributed by atoms with Gasteiger partial charge in [0.2, 0.25) is 0 Å². The molecule has 0 fully saturated rings. The number of hydrogen-bond donors (Lipinski definition) is 0. The molecule has 50 heavy (non-hydrogen) atoms. The van der Waals surface area contributed by atoms with Crippen LogP contribution in [0.2, 0.25) is 0 Å². The molecule has 9 rings (SSSR count). The molecular formula is C46H36BNO2. The second-order valence-corrected chi connectivity index (χ2v) is 13.6. The molecule has 0 saturated carbocycles. The lowest BCUT2D eigenvalue weighted by atomic mass is 9.34. The zero-order valence-corrected chi connectivity index (χ0v) is 28.7. The molecule has 2 heterocycles. The van der Waals surface area contributed by atoms with Gasteiger partial charge in [-0.05, 0) is 108 Å². The highest BCUT2D eigenvalue weighted by atomic mass is 16.5. The first-order chi connectivity index (χ1) is 24.4. The first kappa shape index (κ1) is 30.1. The maximum atomic E-state index is 6.95. The van der Waals surface area contributed by atoms with Crippen molar-refractivity contribution in [2.24, 2.45) is 0 Å². The van der Waals surface area contributed by atoms with Gasteiger partial charge in [0, 0.05) is 29.0 Å². The Hall–Kier alpha value is -6.00. The van der Waals surface area contributed by atoms with E-state index in [2.05, 4.69) is 178 Å². The summed E-state index contributed by atoms with van der Waals surface area (Å²) >= 11 is 0. The van der Waals surface area contributed by atoms with Gasteiger partial charge in [-0.3, -0.25) is 0 Å². The number of nitrogens with zero attached hydrogens (tertiary/aromatic N) is 1. The van der Waals surface area contributed by atoms with Crippen molar-refractivity contribution >= 4 is 40.2 Å². The number of hydrogen-bond acceptors (Lipinski definition) is 3. The highest BCUT2D eigenvalue weighted by Crippen LogP contribution is 2.43. The predicted octanol–water partition coefficient (Wildman–Crippen LogP) is 10.5. The normalized spacial score (nSPS) is 12.3. The summed E-state index contributed by atoms with van der Waals surface area (Å²) in [6.45, 7) is 8.60. The Kier molecular flexibility index (Phi) is 7.13. The average molecular weight is 646 g/mol. The van der Waals surface area contributed by atoms with E-state index in [4.69, 9.17) is 9.47 Å². The molecule has 7 aromatic carbocycles. The number of benzene rings is 7. The summed E-state index contributed by atoms with van der Waals surface area (Å²) in [5.74, 6) is 3.38. The monoisotopic (exact) mass is 645 g/mol. The number of rotatable bonds is 5. The predicted molar refractivity (Wildman–Crippen MR) is 209 cm³/mol. The van der Waals surface area contributed by atoms with Crippen molar-refractivity contribution in [2.75, 3.05) is 4.90 Å². The standard InChI is InChI=1S/C46H36BNO2/c1-29-15-17-31(3)38(23-29)33-19-21-40-42(25-33)49-44-27-37(48(35-11-7-5-8-12-35)36-13-9-6-10-14-36)28-45-46(44)47(40)41-22-20-34(26-43(41)50-45)39-24-30(2)16-18-32(39)4/h5-28H,1-4H3. The molecular weight excluding hydrogens is 609 g/mol. The van der Waals surface area contributed by atoms with Crippen LogP contribution in [-0.2, 0) is 0 Å². The van der Waals surface area contributed by atoms with Crippen molar-refractivity contribution in [3.8, 4) is 45.3 Å². The molecule has 2 aliphatic rings. The van der Waals surface area contributed by atoms with E-state index in [1.807, 2.05) is 0 Å². The fourth-order valence-corrected chi connectivity index (χ4v) is 7.64. The quantitative estimate of drug-likeness (QED) is 0.174. The summed E-state index contributed by atoms with van der Waals surface area (Å²) < 4.78 is 13.9. The molecule has 0 amide bonds. The second kappa shape index (κ2) is 11.9. The number of aryl methyl sites for hydroxylation is 4. The maximum Gasteiger partial charge on any atom is 0.260 e. The smallest absolute Gasteiger partial charge is 0.260 e. The molecule has 0 unspecified atom stereocenters. The van der Waals surface area contributed by atoms with Gasteiger partial charge in [-0.2, -0.15) is 0 Å². The number of para-hydroxylation sites is 2. The van der Waals surface area contributed by atoms with Gasteiger partial charge in [-0.25, -0.2) is 0 Å². The first-order valence-corrected chi connectivity index (χ1v) is 17.3.